The van der Waals surface area contributed by atoms with E-state index in [1.54, 1.807) is 12.1 Å². The molecule has 2 unspecified atom stereocenters. The number of hydrogen-bond acceptors (Lipinski definition) is 5. The van der Waals surface area contributed by atoms with Crippen LogP contribution in [0.5, 0.6) is 5.75 Å². The van der Waals surface area contributed by atoms with Crippen LogP contribution in [0.25, 0.3) is 0 Å². The molecule has 2 atom stereocenters. The van der Waals surface area contributed by atoms with Crippen LogP contribution < -0.4 is 10.1 Å². The maximum absolute atomic E-state index is 13.1. The van der Waals surface area contributed by atoms with E-state index in [4.69, 9.17) is 21.1 Å². The minimum absolute atomic E-state index is 0.112. The molecule has 6 nitrogen and oxygen atoms in total. The highest BCUT2D eigenvalue weighted by atomic mass is 35.5. The molecule has 1 aromatic carbocycles. The zero-order valence-electron chi connectivity index (χ0n) is 13.7. The third kappa shape index (κ3) is 3.86. The third-order valence-electron chi connectivity index (χ3n) is 4.43. The van der Waals surface area contributed by atoms with E-state index >= 15 is 0 Å². The van der Waals surface area contributed by atoms with Gasteiger partial charge in [0.25, 0.3) is 0 Å². The normalized spacial score (nSPS) is 25.8. The fourth-order valence-corrected chi connectivity index (χ4v) is 5.06. The molecule has 2 heterocycles. The Bertz CT molecular complexity index is 677. The van der Waals surface area contributed by atoms with Crippen molar-refractivity contribution in [1.82, 2.24) is 9.62 Å². The molecule has 2 saturated heterocycles. The summed E-state index contributed by atoms with van der Waals surface area (Å²) in [5, 5.41) is 3.58. The van der Waals surface area contributed by atoms with Crippen molar-refractivity contribution >= 4 is 21.6 Å². The molecule has 134 valence electrons. The molecule has 1 N–H and O–H groups in total. The van der Waals surface area contributed by atoms with Crippen molar-refractivity contribution in [2.24, 2.45) is 5.92 Å². The number of sulfonamides is 1. The molecule has 0 bridgehead atoms. The predicted octanol–water partition coefficient (Wildman–Crippen LogP) is 1.74. The Labute approximate surface area is 148 Å². The Morgan fingerprint density at radius 3 is 3.00 bits per heavy atom. The van der Waals surface area contributed by atoms with Crippen LogP contribution in [0.1, 0.15) is 13.3 Å². The molecular formula is C16H23ClN2O4S. The molecule has 0 amide bonds. The first kappa shape index (κ1) is 17.9. The largest absolute Gasteiger partial charge is 0.492 e. The Balaban J connectivity index is 1.85. The van der Waals surface area contributed by atoms with Crippen LogP contribution in [0.15, 0.2) is 23.1 Å². The summed E-state index contributed by atoms with van der Waals surface area (Å²) < 4.78 is 38.9. The summed E-state index contributed by atoms with van der Waals surface area (Å²) in [6, 6.07) is 4.66. The van der Waals surface area contributed by atoms with Crippen molar-refractivity contribution < 1.29 is 17.9 Å². The Hall–Kier alpha value is -0.860. The molecule has 2 aliphatic rings. The molecule has 0 aromatic heterocycles. The summed E-state index contributed by atoms with van der Waals surface area (Å²) in [5.41, 5.74) is 0. The Morgan fingerprint density at radius 2 is 2.29 bits per heavy atom. The summed E-state index contributed by atoms with van der Waals surface area (Å²) in [5.74, 6) is 0.659. The molecule has 0 spiro atoms. The molecule has 0 radical (unpaired) electrons. The second kappa shape index (κ2) is 7.58. The van der Waals surface area contributed by atoms with Gasteiger partial charge < -0.3 is 14.8 Å². The maximum atomic E-state index is 13.1. The summed E-state index contributed by atoms with van der Waals surface area (Å²) in [4.78, 5) is 0.141. The van der Waals surface area contributed by atoms with Crippen molar-refractivity contribution in [1.29, 1.82) is 0 Å². The lowest BCUT2D eigenvalue weighted by Crippen LogP contribution is -2.52. The average molecular weight is 375 g/mol. The molecule has 2 aliphatic heterocycles. The molecule has 1 aromatic rings. The zero-order chi connectivity index (χ0) is 17.2. The number of benzene rings is 1. The fourth-order valence-electron chi connectivity index (χ4n) is 3.03. The van der Waals surface area contributed by atoms with E-state index in [1.807, 2.05) is 6.92 Å². The molecule has 8 heteroatoms. The van der Waals surface area contributed by atoms with Crippen LogP contribution in [-0.4, -0.2) is 58.2 Å². The zero-order valence-corrected chi connectivity index (χ0v) is 15.3. The van der Waals surface area contributed by atoms with Crippen LogP contribution in [0, 0.1) is 5.92 Å². The van der Waals surface area contributed by atoms with E-state index < -0.39 is 10.0 Å². The number of hydrogen-bond donors (Lipinski definition) is 1. The first-order chi connectivity index (χ1) is 11.5. The van der Waals surface area contributed by atoms with Gasteiger partial charge in [-0.05, 0) is 31.5 Å². The fraction of sp³-hybridized carbons (Fsp3) is 0.625. The Morgan fingerprint density at radius 1 is 1.46 bits per heavy atom. The summed E-state index contributed by atoms with van der Waals surface area (Å²) >= 11 is 6.05. The number of rotatable bonds is 5. The van der Waals surface area contributed by atoms with Gasteiger partial charge in [0.05, 0.1) is 13.2 Å². The molecular weight excluding hydrogens is 352 g/mol. The smallest absolute Gasteiger partial charge is 0.247 e. The Kier molecular flexibility index (Phi) is 5.66. The quantitative estimate of drug-likeness (QED) is 0.850. The van der Waals surface area contributed by atoms with Crippen molar-refractivity contribution in [3.05, 3.63) is 23.2 Å². The van der Waals surface area contributed by atoms with Crippen LogP contribution >= 0.6 is 11.6 Å². The van der Waals surface area contributed by atoms with Crippen LogP contribution in [0.4, 0.5) is 0 Å². The highest BCUT2D eigenvalue weighted by Gasteiger charge is 2.33. The minimum Gasteiger partial charge on any atom is -0.492 e. The predicted molar refractivity (Wildman–Crippen MR) is 92.1 cm³/mol. The highest BCUT2D eigenvalue weighted by molar-refractivity contribution is 7.89. The van der Waals surface area contributed by atoms with E-state index in [1.165, 1.54) is 10.4 Å². The van der Waals surface area contributed by atoms with Crippen molar-refractivity contribution in [3.8, 4) is 5.75 Å². The number of piperazine rings is 1. The standard InChI is InChI=1S/C16H23ClN2O4S/c1-12-9-18-5-6-19(12)24(20,21)16-8-14(17)2-3-15(16)23-11-13-4-7-22-10-13/h2-3,8,12-13,18H,4-7,9-11H2,1H3. The molecule has 24 heavy (non-hydrogen) atoms. The second-order valence-electron chi connectivity index (χ2n) is 6.30. The van der Waals surface area contributed by atoms with E-state index in [9.17, 15) is 8.42 Å². The van der Waals surface area contributed by atoms with Crippen molar-refractivity contribution in [3.63, 3.8) is 0 Å². The summed E-state index contributed by atoms with van der Waals surface area (Å²) in [6.07, 6.45) is 0.935. The molecule has 3 rings (SSSR count). The van der Waals surface area contributed by atoms with Gasteiger partial charge in [0.2, 0.25) is 10.0 Å². The number of nitrogens with one attached hydrogen (secondary N) is 1. The minimum atomic E-state index is -3.66. The summed E-state index contributed by atoms with van der Waals surface area (Å²) in [7, 11) is -3.66. The van der Waals surface area contributed by atoms with Gasteiger partial charge in [-0.3, -0.25) is 0 Å². The van der Waals surface area contributed by atoms with Gasteiger partial charge in [0, 0.05) is 43.2 Å². The van der Waals surface area contributed by atoms with Gasteiger partial charge in [-0.2, -0.15) is 4.31 Å². The van der Waals surface area contributed by atoms with Gasteiger partial charge in [-0.25, -0.2) is 8.42 Å². The number of halogens is 1. The van der Waals surface area contributed by atoms with Crippen LogP contribution in [0.3, 0.4) is 0 Å². The van der Waals surface area contributed by atoms with Gasteiger partial charge in [-0.15, -0.1) is 0 Å². The lowest BCUT2D eigenvalue weighted by Gasteiger charge is -2.33. The van der Waals surface area contributed by atoms with Crippen molar-refractivity contribution in [2.45, 2.75) is 24.3 Å². The van der Waals surface area contributed by atoms with E-state index in [0.717, 1.165) is 13.0 Å². The highest BCUT2D eigenvalue weighted by Crippen LogP contribution is 2.31. The van der Waals surface area contributed by atoms with Gasteiger partial charge in [0.1, 0.15) is 10.6 Å². The molecule has 0 saturated carbocycles. The number of nitrogens with zero attached hydrogens (tertiary/aromatic N) is 1. The number of ether oxygens (including phenoxy) is 2. The van der Waals surface area contributed by atoms with Gasteiger partial charge >= 0.3 is 0 Å². The second-order valence-corrected chi connectivity index (χ2v) is 8.60. The van der Waals surface area contributed by atoms with Crippen LogP contribution in [0.2, 0.25) is 5.02 Å². The van der Waals surface area contributed by atoms with Gasteiger partial charge in [0.15, 0.2) is 0 Å². The monoisotopic (exact) mass is 374 g/mol. The van der Waals surface area contributed by atoms with E-state index in [2.05, 4.69) is 5.32 Å². The summed E-state index contributed by atoms with van der Waals surface area (Å²) in [6.45, 7) is 5.44. The lowest BCUT2D eigenvalue weighted by atomic mass is 10.1. The van der Waals surface area contributed by atoms with E-state index in [-0.39, 0.29) is 10.9 Å². The first-order valence-electron chi connectivity index (χ1n) is 8.21. The van der Waals surface area contributed by atoms with Crippen LogP contribution in [-0.2, 0) is 14.8 Å². The van der Waals surface area contributed by atoms with Crippen molar-refractivity contribution in [2.75, 3.05) is 39.5 Å². The average Bonchev–Trinajstić information content (AvgIpc) is 3.07. The molecule has 0 aliphatic carbocycles. The van der Waals surface area contributed by atoms with Gasteiger partial charge in [-0.1, -0.05) is 11.6 Å². The van der Waals surface area contributed by atoms with E-state index in [0.29, 0.717) is 49.5 Å². The maximum Gasteiger partial charge on any atom is 0.247 e. The SMILES string of the molecule is CC1CNCCN1S(=O)(=O)c1cc(Cl)ccc1OCC1CCOC1. The third-order valence-corrected chi connectivity index (χ3v) is 6.70. The molecule has 2 fully saturated rings. The first-order valence-corrected chi connectivity index (χ1v) is 10.0. The topological polar surface area (TPSA) is 67.9 Å². The lowest BCUT2D eigenvalue weighted by molar-refractivity contribution is 0.166.